The molecule has 98 valence electrons. The molecule has 2 nitrogen and oxygen atoms in total. The van der Waals surface area contributed by atoms with E-state index in [-0.39, 0.29) is 5.91 Å². The minimum atomic E-state index is -0.533. The molecule has 1 atom stereocenters. The average molecular weight is 266 g/mol. The zero-order valence-electron chi connectivity index (χ0n) is 10.9. The number of benzene rings is 1. The van der Waals surface area contributed by atoms with Crippen molar-refractivity contribution in [3.8, 4) is 0 Å². The summed E-state index contributed by atoms with van der Waals surface area (Å²) in [5.41, 5.74) is 2.18. The fourth-order valence-corrected chi connectivity index (χ4v) is 2.62. The van der Waals surface area contributed by atoms with Crippen molar-refractivity contribution in [2.24, 2.45) is 0 Å². The molecule has 1 aromatic carbocycles. The Morgan fingerprint density at radius 3 is 2.39 bits per heavy atom. The van der Waals surface area contributed by atoms with E-state index in [9.17, 15) is 4.79 Å². The standard InChI is InChI=1S/C15H20ClNO/c1-2-12-6-8-13(9-7-12)14(16)15(18)17-10-4-3-5-11-17/h6-9,14H,2-5,10-11H2,1H3. The Morgan fingerprint density at radius 2 is 1.83 bits per heavy atom. The number of piperidine rings is 1. The lowest BCUT2D eigenvalue weighted by Gasteiger charge is -2.28. The van der Waals surface area contributed by atoms with Crippen LogP contribution < -0.4 is 0 Å². The quantitative estimate of drug-likeness (QED) is 0.766. The Kier molecular flexibility index (Phi) is 4.65. The Bertz CT molecular complexity index is 395. The first-order valence-electron chi connectivity index (χ1n) is 6.74. The SMILES string of the molecule is CCc1ccc(C(Cl)C(=O)N2CCCCC2)cc1. The molecule has 1 fully saturated rings. The van der Waals surface area contributed by atoms with Gasteiger partial charge < -0.3 is 4.90 Å². The first-order chi connectivity index (χ1) is 8.72. The van der Waals surface area contributed by atoms with Crippen LogP contribution in [0.15, 0.2) is 24.3 Å². The largest absolute Gasteiger partial charge is 0.341 e. The van der Waals surface area contributed by atoms with Crippen LogP contribution in [0.4, 0.5) is 0 Å². The maximum atomic E-state index is 12.2. The molecule has 3 heteroatoms. The van der Waals surface area contributed by atoms with E-state index in [0.717, 1.165) is 37.9 Å². The van der Waals surface area contributed by atoms with E-state index < -0.39 is 5.38 Å². The lowest BCUT2D eigenvalue weighted by atomic mass is 10.1. The van der Waals surface area contributed by atoms with Crippen LogP contribution in [0.25, 0.3) is 0 Å². The number of halogens is 1. The summed E-state index contributed by atoms with van der Waals surface area (Å²) in [6.45, 7) is 3.83. The number of rotatable bonds is 3. The summed E-state index contributed by atoms with van der Waals surface area (Å²) < 4.78 is 0. The van der Waals surface area contributed by atoms with Crippen molar-refractivity contribution < 1.29 is 4.79 Å². The van der Waals surface area contributed by atoms with Gasteiger partial charge in [-0.3, -0.25) is 4.79 Å². The predicted molar refractivity (Wildman–Crippen MR) is 74.8 cm³/mol. The Labute approximate surface area is 114 Å². The van der Waals surface area contributed by atoms with Crippen molar-refractivity contribution in [3.05, 3.63) is 35.4 Å². The average Bonchev–Trinajstić information content (AvgIpc) is 2.47. The molecule has 1 aliphatic heterocycles. The van der Waals surface area contributed by atoms with Crippen molar-refractivity contribution in [2.45, 2.75) is 38.0 Å². The van der Waals surface area contributed by atoms with Crippen LogP contribution in [0, 0.1) is 0 Å². The molecule has 1 amide bonds. The van der Waals surface area contributed by atoms with E-state index in [0.29, 0.717) is 0 Å². The number of carbonyl (C=O) groups is 1. The molecule has 0 bridgehead atoms. The molecule has 0 aromatic heterocycles. The third kappa shape index (κ3) is 3.05. The summed E-state index contributed by atoms with van der Waals surface area (Å²) in [5.74, 6) is 0.0561. The summed E-state index contributed by atoms with van der Waals surface area (Å²) >= 11 is 6.29. The van der Waals surface area contributed by atoms with Gasteiger partial charge in [0.1, 0.15) is 5.38 Å². The number of nitrogens with zero attached hydrogens (tertiary/aromatic N) is 1. The highest BCUT2D eigenvalue weighted by atomic mass is 35.5. The third-order valence-electron chi connectivity index (χ3n) is 3.57. The third-order valence-corrected chi connectivity index (χ3v) is 4.00. The lowest BCUT2D eigenvalue weighted by molar-refractivity contribution is -0.131. The number of hydrogen-bond acceptors (Lipinski definition) is 1. The van der Waals surface area contributed by atoms with Gasteiger partial charge in [-0.2, -0.15) is 0 Å². The second-order valence-corrected chi connectivity index (χ2v) is 5.28. The van der Waals surface area contributed by atoms with E-state index in [1.54, 1.807) is 0 Å². The molecule has 1 saturated heterocycles. The first-order valence-corrected chi connectivity index (χ1v) is 7.17. The van der Waals surface area contributed by atoms with Crippen LogP contribution in [0.1, 0.15) is 42.7 Å². The van der Waals surface area contributed by atoms with Crippen LogP contribution >= 0.6 is 11.6 Å². The van der Waals surface area contributed by atoms with E-state index in [2.05, 4.69) is 6.92 Å². The molecule has 1 aliphatic rings. The summed E-state index contributed by atoms with van der Waals surface area (Å²) in [6, 6.07) is 8.04. The second-order valence-electron chi connectivity index (χ2n) is 4.84. The maximum Gasteiger partial charge on any atom is 0.245 e. The molecule has 0 aliphatic carbocycles. The van der Waals surface area contributed by atoms with Crippen LogP contribution in [-0.2, 0) is 11.2 Å². The van der Waals surface area contributed by atoms with Crippen molar-refractivity contribution in [1.29, 1.82) is 0 Å². The molecule has 2 rings (SSSR count). The van der Waals surface area contributed by atoms with Crippen LogP contribution in [0.3, 0.4) is 0 Å². The summed E-state index contributed by atoms with van der Waals surface area (Å²) in [5, 5.41) is -0.533. The van der Waals surface area contributed by atoms with Crippen molar-refractivity contribution >= 4 is 17.5 Å². The van der Waals surface area contributed by atoms with Gasteiger partial charge in [0, 0.05) is 13.1 Å². The Balaban J connectivity index is 2.04. The normalized spacial score (nSPS) is 17.6. The van der Waals surface area contributed by atoms with Gasteiger partial charge in [0.15, 0.2) is 0 Å². The van der Waals surface area contributed by atoms with Crippen LogP contribution in [0.2, 0.25) is 0 Å². The highest BCUT2D eigenvalue weighted by Gasteiger charge is 2.24. The van der Waals surface area contributed by atoms with Crippen LogP contribution in [-0.4, -0.2) is 23.9 Å². The summed E-state index contributed by atoms with van der Waals surface area (Å²) in [7, 11) is 0. The van der Waals surface area contributed by atoms with Gasteiger partial charge in [0.2, 0.25) is 5.91 Å². The van der Waals surface area contributed by atoms with Gasteiger partial charge in [-0.05, 0) is 36.8 Å². The molecule has 0 saturated carbocycles. The fourth-order valence-electron chi connectivity index (χ4n) is 2.34. The molecule has 18 heavy (non-hydrogen) atoms. The Morgan fingerprint density at radius 1 is 1.22 bits per heavy atom. The number of alkyl halides is 1. The van der Waals surface area contributed by atoms with E-state index in [1.807, 2.05) is 29.2 Å². The monoisotopic (exact) mass is 265 g/mol. The van der Waals surface area contributed by atoms with E-state index >= 15 is 0 Å². The number of amides is 1. The zero-order chi connectivity index (χ0) is 13.0. The van der Waals surface area contributed by atoms with Gasteiger partial charge in [-0.25, -0.2) is 0 Å². The minimum absolute atomic E-state index is 0.0561. The van der Waals surface area contributed by atoms with Gasteiger partial charge in [-0.15, -0.1) is 11.6 Å². The topological polar surface area (TPSA) is 20.3 Å². The smallest absolute Gasteiger partial charge is 0.245 e. The molecule has 0 N–H and O–H groups in total. The molecular formula is C15H20ClNO. The van der Waals surface area contributed by atoms with Gasteiger partial charge in [-0.1, -0.05) is 31.2 Å². The molecular weight excluding hydrogens is 246 g/mol. The molecule has 1 heterocycles. The molecule has 0 spiro atoms. The minimum Gasteiger partial charge on any atom is -0.341 e. The van der Waals surface area contributed by atoms with Gasteiger partial charge in [0.25, 0.3) is 0 Å². The zero-order valence-corrected chi connectivity index (χ0v) is 11.6. The second kappa shape index (κ2) is 6.24. The van der Waals surface area contributed by atoms with Gasteiger partial charge >= 0.3 is 0 Å². The van der Waals surface area contributed by atoms with Crippen molar-refractivity contribution in [3.63, 3.8) is 0 Å². The maximum absolute atomic E-state index is 12.2. The lowest BCUT2D eigenvalue weighted by Crippen LogP contribution is -2.37. The number of aryl methyl sites for hydroxylation is 1. The van der Waals surface area contributed by atoms with Crippen molar-refractivity contribution in [1.82, 2.24) is 4.90 Å². The highest BCUT2D eigenvalue weighted by Crippen LogP contribution is 2.25. The van der Waals surface area contributed by atoms with E-state index in [1.165, 1.54) is 12.0 Å². The van der Waals surface area contributed by atoms with Crippen LogP contribution in [0.5, 0.6) is 0 Å². The number of carbonyl (C=O) groups excluding carboxylic acids is 1. The number of hydrogen-bond donors (Lipinski definition) is 0. The fraction of sp³-hybridized carbons (Fsp3) is 0.533. The van der Waals surface area contributed by atoms with E-state index in [4.69, 9.17) is 11.6 Å². The predicted octanol–water partition coefficient (Wildman–Crippen LogP) is 3.54. The highest BCUT2D eigenvalue weighted by molar-refractivity contribution is 6.30. The Hall–Kier alpha value is -1.02. The molecule has 0 radical (unpaired) electrons. The summed E-state index contributed by atoms with van der Waals surface area (Å²) in [6.07, 6.45) is 4.43. The first kappa shape index (κ1) is 13.4. The molecule has 1 aromatic rings. The van der Waals surface area contributed by atoms with Crippen molar-refractivity contribution in [2.75, 3.05) is 13.1 Å². The molecule has 1 unspecified atom stereocenters. The number of likely N-dealkylation sites (tertiary alicyclic amines) is 1. The summed E-state index contributed by atoms with van der Waals surface area (Å²) in [4.78, 5) is 14.1. The van der Waals surface area contributed by atoms with Gasteiger partial charge in [0.05, 0.1) is 0 Å².